The van der Waals surface area contributed by atoms with Crippen LogP contribution < -0.4 is 0 Å². The molecule has 0 rings (SSSR count). The van der Waals surface area contributed by atoms with Gasteiger partial charge in [0, 0.05) is 11.1 Å². The van der Waals surface area contributed by atoms with E-state index in [2.05, 4.69) is 20.8 Å². The molecule has 0 radical (unpaired) electrons. The van der Waals surface area contributed by atoms with Gasteiger partial charge in [-0.05, 0) is 12.8 Å². The van der Waals surface area contributed by atoms with Crippen molar-refractivity contribution in [2.75, 3.05) is 0 Å². The Hall–Kier alpha value is -0.330. The minimum absolute atomic E-state index is 0.134. The van der Waals surface area contributed by atoms with E-state index in [-0.39, 0.29) is 5.41 Å². The van der Waals surface area contributed by atoms with Crippen molar-refractivity contribution in [2.24, 2.45) is 5.41 Å². The molecule has 0 saturated carbocycles. The molecule has 0 fully saturated rings. The second-order valence-electron chi connectivity index (χ2n) is 3.07. The molecule has 0 bridgehead atoms. The lowest BCUT2D eigenvalue weighted by Gasteiger charge is -2.22. The fourth-order valence-corrected chi connectivity index (χ4v) is 0.692. The zero-order valence-corrected chi connectivity index (χ0v) is 6.91. The molecule has 54 valence electrons. The fraction of sp³-hybridized carbons (Fsp3) is 0.875. The van der Waals surface area contributed by atoms with E-state index >= 15 is 0 Å². The highest BCUT2D eigenvalue weighted by Crippen LogP contribution is 2.22. The lowest BCUT2D eigenvalue weighted by molar-refractivity contribution is 0.492. The Morgan fingerprint density at radius 2 is 1.78 bits per heavy atom. The van der Waals surface area contributed by atoms with Gasteiger partial charge in [-0.15, -0.1) is 0 Å². The molecule has 0 aromatic carbocycles. The summed E-state index contributed by atoms with van der Waals surface area (Å²) in [5.41, 5.74) is 0.999. The lowest BCUT2D eigenvalue weighted by Crippen LogP contribution is -2.21. The van der Waals surface area contributed by atoms with E-state index < -0.39 is 0 Å². The largest absolute Gasteiger partial charge is 0.309 e. The Morgan fingerprint density at radius 3 is 1.89 bits per heavy atom. The average molecular weight is 127 g/mol. The van der Waals surface area contributed by atoms with Gasteiger partial charge in [0.2, 0.25) is 0 Å². The first-order valence-electron chi connectivity index (χ1n) is 3.62. The molecular formula is C8H17N. The summed E-state index contributed by atoms with van der Waals surface area (Å²) in [4.78, 5) is 0. The van der Waals surface area contributed by atoms with Crippen LogP contribution in [0.1, 0.15) is 40.5 Å². The van der Waals surface area contributed by atoms with Gasteiger partial charge in [0.05, 0.1) is 0 Å². The zero-order chi connectivity index (χ0) is 7.49. The maximum atomic E-state index is 7.54. The van der Waals surface area contributed by atoms with Crippen molar-refractivity contribution < 1.29 is 0 Å². The van der Waals surface area contributed by atoms with Crippen LogP contribution >= 0.6 is 0 Å². The van der Waals surface area contributed by atoms with Gasteiger partial charge in [-0.2, -0.15) is 0 Å². The van der Waals surface area contributed by atoms with E-state index in [0.717, 1.165) is 18.6 Å². The molecule has 0 aliphatic heterocycles. The van der Waals surface area contributed by atoms with Crippen molar-refractivity contribution in [1.82, 2.24) is 0 Å². The third-order valence-electron chi connectivity index (χ3n) is 2.05. The Morgan fingerprint density at radius 1 is 1.33 bits per heavy atom. The molecule has 0 unspecified atom stereocenters. The maximum Gasteiger partial charge on any atom is 0.0142 e. The third kappa shape index (κ3) is 2.17. The van der Waals surface area contributed by atoms with Crippen LogP contribution in [0.15, 0.2) is 0 Å². The second kappa shape index (κ2) is 3.00. The van der Waals surface area contributed by atoms with Crippen LogP contribution in [-0.4, -0.2) is 5.71 Å². The zero-order valence-electron chi connectivity index (χ0n) is 6.91. The molecular weight excluding hydrogens is 110 g/mol. The van der Waals surface area contributed by atoms with Gasteiger partial charge in [-0.25, -0.2) is 0 Å². The van der Waals surface area contributed by atoms with Crippen molar-refractivity contribution in [3.05, 3.63) is 0 Å². The SMILES string of the molecule is CCC(=N)C(C)(C)CC. The van der Waals surface area contributed by atoms with E-state index in [9.17, 15) is 0 Å². The normalized spacial score (nSPS) is 11.6. The Labute approximate surface area is 58.0 Å². The number of nitrogens with one attached hydrogen (secondary N) is 1. The second-order valence-corrected chi connectivity index (χ2v) is 3.07. The summed E-state index contributed by atoms with van der Waals surface area (Å²) in [5.74, 6) is 0. The number of hydrogen-bond acceptors (Lipinski definition) is 1. The summed E-state index contributed by atoms with van der Waals surface area (Å²) in [6, 6.07) is 0. The van der Waals surface area contributed by atoms with E-state index in [0.29, 0.717) is 0 Å². The van der Waals surface area contributed by atoms with Crippen LogP contribution in [-0.2, 0) is 0 Å². The fourth-order valence-electron chi connectivity index (χ4n) is 0.692. The number of hydrogen-bond donors (Lipinski definition) is 1. The van der Waals surface area contributed by atoms with Crippen LogP contribution in [0.25, 0.3) is 0 Å². The first-order valence-corrected chi connectivity index (χ1v) is 3.62. The van der Waals surface area contributed by atoms with Gasteiger partial charge >= 0.3 is 0 Å². The highest BCUT2D eigenvalue weighted by molar-refractivity contribution is 5.86. The molecule has 0 atom stereocenters. The van der Waals surface area contributed by atoms with E-state index in [4.69, 9.17) is 5.41 Å². The molecule has 1 heteroatoms. The standard InChI is InChI=1S/C8H17N/c1-5-7(9)8(3,4)6-2/h9H,5-6H2,1-4H3. The van der Waals surface area contributed by atoms with Crippen LogP contribution in [0.5, 0.6) is 0 Å². The Bertz CT molecular complexity index is 103. The molecule has 0 aromatic heterocycles. The lowest BCUT2D eigenvalue weighted by atomic mass is 9.83. The van der Waals surface area contributed by atoms with Crippen molar-refractivity contribution in [3.63, 3.8) is 0 Å². The summed E-state index contributed by atoms with van der Waals surface area (Å²) < 4.78 is 0. The van der Waals surface area contributed by atoms with Crippen LogP contribution in [0.2, 0.25) is 0 Å². The third-order valence-corrected chi connectivity index (χ3v) is 2.05. The molecule has 0 spiro atoms. The van der Waals surface area contributed by atoms with Crippen molar-refractivity contribution >= 4 is 5.71 Å². The molecule has 0 aliphatic rings. The van der Waals surface area contributed by atoms with Crippen molar-refractivity contribution in [3.8, 4) is 0 Å². The van der Waals surface area contributed by atoms with Gasteiger partial charge in [0.25, 0.3) is 0 Å². The Kier molecular flexibility index (Phi) is 2.89. The molecule has 0 heterocycles. The Balaban J connectivity index is 3.97. The average Bonchev–Trinajstić information content (AvgIpc) is 1.86. The molecule has 1 N–H and O–H groups in total. The summed E-state index contributed by atoms with van der Waals surface area (Å²) in [5, 5.41) is 7.54. The molecule has 0 amide bonds. The maximum absolute atomic E-state index is 7.54. The summed E-state index contributed by atoms with van der Waals surface area (Å²) in [6.45, 7) is 8.42. The van der Waals surface area contributed by atoms with E-state index in [1.807, 2.05) is 6.92 Å². The first-order chi connectivity index (χ1) is 4.04. The molecule has 0 saturated heterocycles. The molecule has 1 nitrogen and oxygen atoms in total. The monoisotopic (exact) mass is 127 g/mol. The minimum atomic E-state index is 0.134. The van der Waals surface area contributed by atoms with E-state index in [1.54, 1.807) is 0 Å². The van der Waals surface area contributed by atoms with Crippen LogP contribution in [0.3, 0.4) is 0 Å². The number of rotatable bonds is 3. The molecule has 0 aromatic rings. The summed E-state index contributed by atoms with van der Waals surface area (Å²) in [6.07, 6.45) is 1.96. The smallest absolute Gasteiger partial charge is 0.0142 e. The first kappa shape index (κ1) is 8.67. The molecule has 0 aliphatic carbocycles. The van der Waals surface area contributed by atoms with Gasteiger partial charge in [-0.3, -0.25) is 0 Å². The predicted octanol–water partition coefficient (Wildman–Crippen LogP) is 2.85. The van der Waals surface area contributed by atoms with Crippen molar-refractivity contribution in [1.29, 1.82) is 5.41 Å². The summed E-state index contributed by atoms with van der Waals surface area (Å²) >= 11 is 0. The van der Waals surface area contributed by atoms with Crippen molar-refractivity contribution in [2.45, 2.75) is 40.5 Å². The van der Waals surface area contributed by atoms with Gasteiger partial charge in [0.15, 0.2) is 0 Å². The highest BCUT2D eigenvalue weighted by atomic mass is 14.5. The van der Waals surface area contributed by atoms with Gasteiger partial charge < -0.3 is 5.41 Å². The van der Waals surface area contributed by atoms with Gasteiger partial charge in [-0.1, -0.05) is 27.7 Å². The quantitative estimate of drug-likeness (QED) is 0.564. The minimum Gasteiger partial charge on any atom is -0.309 e. The van der Waals surface area contributed by atoms with Crippen LogP contribution in [0, 0.1) is 10.8 Å². The topological polar surface area (TPSA) is 23.9 Å². The van der Waals surface area contributed by atoms with Gasteiger partial charge in [0.1, 0.15) is 0 Å². The summed E-state index contributed by atoms with van der Waals surface area (Å²) in [7, 11) is 0. The molecule has 9 heavy (non-hydrogen) atoms. The van der Waals surface area contributed by atoms with Crippen LogP contribution in [0.4, 0.5) is 0 Å². The van der Waals surface area contributed by atoms with E-state index in [1.165, 1.54) is 0 Å². The highest BCUT2D eigenvalue weighted by Gasteiger charge is 2.18. The predicted molar refractivity (Wildman–Crippen MR) is 42.1 cm³/mol.